The van der Waals surface area contributed by atoms with Gasteiger partial charge in [-0.2, -0.15) is 0 Å². The molecule has 2 amide bonds. The zero-order valence-electron chi connectivity index (χ0n) is 21.4. The molecule has 4 rings (SSSR count). The Labute approximate surface area is 195 Å². The Bertz CT molecular complexity index is 773. The second-order valence-corrected chi connectivity index (χ2v) is 12.5. The van der Waals surface area contributed by atoms with Crippen molar-refractivity contribution in [3.05, 3.63) is 11.8 Å². The molecule has 0 bridgehead atoms. The first-order chi connectivity index (χ1) is 15.1. The zero-order valence-corrected chi connectivity index (χ0v) is 21.4. The maximum Gasteiger partial charge on any atom is 0.245 e. The van der Waals surface area contributed by atoms with Crippen LogP contribution in [0.2, 0.25) is 0 Å². The molecule has 0 radical (unpaired) electrons. The Hall–Kier alpha value is -1.32. The molecule has 0 unspecified atom stereocenters. The smallest absolute Gasteiger partial charge is 0.245 e. The van der Waals surface area contributed by atoms with E-state index < -0.39 is 0 Å². The van der Waals surface area contributed by atoms with Crippen LogP contribution in [-0.2, 0) is 9.59 Å². The van der Waals surface area contributed by atoms with Gasteiger partial charge in [0.15, 0.2) is 0 Å². The third-order valence-electron chi connectivity index (χ3n) is 10.2. The average molecular weight is 443 g/mol. The molecule has 4 heteroatoms. The van der Waals surface area contributed by atoms with Crippen LogP contribution in [-0.4, -0.2) is 16.8 Å². The van der Waals surface area contributed by atoms with E-state index in [1.54, 1.807) is 5.01 Å². The number of rotatable bonds is 6. The van der Waals surface area contributed by atoms with Crippen molar-refractivity contribution in [3.8, 4) is 0 Å². The van der Waals surface area contributed by atoms with Gasteiger partial charge in [-0.05, 0) is 79.4 Å². The Morgan fingerprint density at radius 2 is 1.88 bits per heavy atom. The monoisotopic (exact) mass is 442 g/mol. The molecule has 0 spiro atoms. The molecule has 0 aromatic heterocycles. The lowest BCUT2D eigenvalue weighted by molar-refractivity contribution is -0.146. The summed E-state index contributed by atoms with van der Waals surface area (Å²) in [4.78, 5) is 24.4. The Kier molecular flexibility index (Phi) is 6.55. The van der Waals surface area contributed by atoms with Crippen LogP contribution in [0.1, 0.15) is 106 Å². The molecule has 1 heterocycles. The highest BCUT2D eigenvalue weighted by Gasteiger charge is 2.60. The molecule has 7 atom stereocenters. The molecule has 1 aliphatic heterocycles. The average Bonchev–Trinajstić information content (AvgIpc) is 3.07. The van der Waals surface area contributed by atoms with Crippen molar-refractivity contribution in [2.75, 3.05) is 0 Å². The van der Waals surface area contributed by atoms with E-state index in [2.05, 4.69) is 46.1 Å². The molecule has 32 heavy (non-hydrogen) atoms. The number of hydrogen-bond donors (Lipinski definition) is 1. The maximum absolute atomic E-state index is 12.6. The molecule has 1 saturated heterocycles. The number of amides is 2. The molecule has 1 N–H and O–H groups in total. The van der Waals surface area contributed by atoms with Crippen LogP contribution in [0, 0.1) is 46.3 Å². The van der Waals surface area contributed by atoms with Gasteiger partial charge in [-0.1, -0.05) is 60.0 Å². The number of carbonyl (C=O) groups excluding carboxylic acids is 2. The van der Waals surface area contributed by atoms with Crippen LogP contribution in [0.25, 0.3) is 0 Å². The lowest BCUT2D eigenvalue weighted by atomic mass is 9.48. The topological polar surface area (TPSA) is 49.4 Å². The largest absolute Gasteiger partial charge is 0.274 e. The van der Waals surface area contributed by atoms with Gasteiger partial charge in [0, 0.05) is 24.5 Å². The fraction of sp³-hybridized carbons (Fsp3) is 0.857. The molecular formula is C28H46N2O2. The normalized spacial score (nSPS) is 39.8. The Morgan fingerprint density at radius 3 is 2.56 bits per heavy atom. The number of nitrogens with zero attached hydrogens (tertiary/aromatic N) is 1. The number of fused-ring (bicyclic) bond motifs is 5. The van der Waals surface area contributed by atoms with Gasteiger partial charge < -0.3 is 0 Å². The highest BCUT2D eigenvalue weighted by atomic mass is 16.2. The summed E-state index contributed by atoms with van der Waals surface area (Å²) in [7, 11) is 0. The molecule has 4 nitrogen and oxygen atoms in total. The summed E-state index contributed by atoms with van der Waals surface area (Å²) in [5.41, 5.74) is 4.38. The third-order valence-corrected chi connectivity index (χ3v) is 10.2. The van der Waals surface area contributed by atoms with Crippen LogP contribution >= 0.6 is 0 Å². The van der Waals surface area contributed by atoms with E-state index in [0.717, 1.165) is 48.1 Å². The molecule has 3 aliphatic carbocycles. The SMILES string of the molecule is CC(=O)NN1C(=O)CC[C@@]2(C)C1=CC[C@H]1[C@@H]3CC[C@H]([C@H](C)CCCC(C)C)[C@@]3(C)CC[C@@H]12. The molecule has 3 fully saturated rings. The van der Waals surface area contributed by atoms with Gasteiger partial charge >= 0.3 is 0 Å². The summed E-state index contributed by atoms with van der Waals surface area (Å²) in [5, 5.41) is 1.60. The van der Waals surface area contributed by atoms with Gasteiger partial charge in [-0.3, -0.25) is 15.0 Å². The first-order valence-corrected chi connectivity index (χ1v) is 13.4. The molecule has 0 aromatic rings. The quantitative estimate of drug-likeness (QED) is 0.512. The first kappa shape index (κ1) is 23.8. The molecular weight excluding hydrogens is 396 g/mol. The van der Waals surface area contributed by atoms with Crippen LogP contribution in [0.15, 0.2) is 11.8 Å². The van der Waals surface area contributed by atoms with Gasteiger partial charge in [0.25, 0.3) is 0 Å². The summed E-state index contributed by atoms with van der Waals surface area (Å²) in [6, 6.07) is 0. The van der Waals surface area contributed by atoms with E-state index >= 15 is 0 Å². The van der Waals surface area contributed by atoms with Crippen LogP contribution < -0.4 is 5.43 Å². The minimum absolute atomic E-state index is 0.00156. The number of nitrogens with one attached hydrogen (secondary N) is 1. The van der Waals surface area contributed by atoms with Gasteiger partial charge in [0.2, 0.25) is 11.8 Å². The highest BCUT2D eigenvalue weighted by Crippen LogP contribution is 2.67. The van der Waals surface area contributed by atoms with Crippen molar-refractivity contribution in [3.63, 3.8) is 0 Å². The molecule has 180 valence electrons. The third kappa shape index (κ3) is 3.94. The minimum Gasteiger partial charge on any atom is -0.274 e. The number of carbonyl (C=O) groups is 2. The highest BCUT2D eigenvalue weighted by molar-refractivity contribution is 5.83. The molecule has 0 aromatic carbocycles. The van der Waals surface area contributed by atoms with Crippen LogP contribution in [0.5, 0.6) is 0 Å². The van der Waals surface area contributed by atoms with E-state index in [9.17, 15) is 9.59 Å². The van der Waals surface area contributed by atoms with Crippen molar-refractivity contribution in [1.82, 2.24) is 10.4 Å². The van der Waals surface area contributed by atoms with Gasteiger partial charge in [0.1, 0.15) is 0 Å². The molecule has 2 saturated carbocycles. The molecule has 4 aliphatic rings. The second-order valence-electron chi connectivity index (χ2n) is 12.5. The van der Waals surface area contributed by atoms with Crippen molar-refractivity contribution >= 4 is 11.8 Å². The predicted molar refractivity (Wildman–Crippen MR) is 129 cm³/mol. The van der Waals surface area contributed by atoms with E-state index in [1.807, 2.05) is 0 Å². The second kappa shape index (κ2) is 8.80. The van der Waals surface area contributed by atoms with Gasteiger partial charge in [0.05, 0.1) is 0 Å². The van der Waals surface area contributed by atoms with Crippen LogP contribution in [0.3, 0.4) is 0 Å². The van der Waals surface area contributed by atoms with Crippen LogP contribution in [0.4, 0.5) is 0 Å². The summed E-state index contributed by atoms with van der Waals surface area (Å²) in [6.07, 6.45) is 14.3. The lowest BCUT2D eigenvalue weighted by Crippen LogP contribution is -2.58. The summed E-state index contributed by atoms with van der Waals surface area (Å²) < 4.78 is 0. The Morgan fingerprint density at radius 1 is 1.12 bits per heavy atom. The van der Waals surface area contributed by atoms with Crippen molar-refractivity contribution in [1.29, 1.82) is 0 Å². The van der Waals surface area contributed by atoms with E-state index in [1.165, 1.54) is 51.9 Å². The zero-order chi connectivity index (χ0) is 23.3. The summed E-state index contributed by atoms with van der Waals surface area (Å²) in [5.74, 6) is 4.54. The fourth-order valence-corrected chi connectivity index (χ4v) is 8.66. The van der Waals surface area contributed by atoms with E-state index in [-0.39, 0.29) is 17.2 Å². The first-order valence-electron chi connectivity index (χ1n) is 13.4. The van der Waals surface area contributed by atoms with E-state index in [4.69, 9.17) is 0 Å². The van der Waals surface area contributed by atoms with Crippen molar-refractivity contribution < 1.29 is 9.59 Å². The van der Waals surface area contributed by atoms with E-state index in [0.29, 0.717) is 17.8 Å². The Balaban J connectivity index is 1.54. The lowest BCUT2D eigenvalue weighted by Gasteiger charge is -2.58. The predicted octanol–water partition coefficient (Wildman–Crippen LogP) is 6.47. The maximum atomic E-state index is 12.6. The van der Waals surface area contributed by atoms with Gasteiger partial charge in [-0.25, -0.2) is 5.01 Å². The fourth-order valence-electron chi connectivity index (χ4n) is 8.66. The summed E-state index contributed by atoms with van der Waals surface area (Å²) in [6.45, 7) is 13.7. The summed E-state index contributed by atoms with van der Waals surface area (Å²) >= 11 is 0. The number of hydrogen-bond acceptors (Lipinski definition) is 2. The van der Waals surface area contributed by atoms with Gasteiger partial charge in [-0.15, -0.1) is 0 Å². The number of hydrazine groups is 1. The minimum atomic E-state index is -0.160. The number of piperidine rings is 1. The van der Waals surface area contributed by atoms with Crippen molar-refractivity contribution in [2.45, 2.75) is 106 Å². The van der Waals surface area contributed by atoms with Crippen molar-refractivity contribution in [2.24, 2.45) is 46.3 Å². The standard InChI is InChI=1S/C28H46N2O2/c1-18(2)8-7-9-19(3)22-11-12-23-21-10-13-25-28(6,24(21)14-16-27(22,23)5)17-15-26(32)30(25)29-20(4)31/h13,18-19,21-24H,7-12,14-17H2,1-6H3,(H,29,31)/t19-,21+,22-,23+,24+,27-,28-/m1/s1. The number of allylic oxidation sites excluding steroid dienone is 2.